The van der Waals surface area contributed by atoms with E-state index in [4.69, 9.17) is 5.73 Å². The number of anilines is 2. The van der Waals surface area contributed by atoms with Crippen LogP contribution in [0.25, 0.3) is 0 Å². The molecule has 1 aliphatic carbocycles. The zero-order valence-corrected chi connectivity index (χ0v) is 9.00. The minimum atomic E-state index is 0.510. The first-order chi connectivity index (χ1) is 7.25. The fourth-order valence-electron chi connectivity index (χ4n) is 2.12. The third-order valence-electron chi connectivity index (χ3n) is 2.94. The molecule has 0 aromatic heterocycles. The number of hydrogen-bond donors (Lipinski definition) is 2. The summed E-state index contributed by atoms with van der Waals surface area (Å²) in [5, 5.41) is 3.49. The van der Waals surface area contributed by atoms with Crippen LogP contribution in [0, 0.1) is 0 Å². The molecule has 3 N–H and O–H groups in total. The van der Waals surface area contributed by atoms with Crippen LogP contribution in [0.15, 0.2) is 36.4 Å². The van der Waals surface area contributed by atoms with Gasteiger partial charge in [-0.25, -0.2) is 0 Å². The van der Waals surface area contributed by atoms with Crippen molar-refractivity contribution in [1.29, 1.82) is 0 Å². The van der Waals surface area contributed by atoms with Crippen molar-refractivity contribution in [3.63, 3.8) is 0 Å². The maximum atomic E-state index is 5.89. The first-order valence-electron chi connectivity index (χ1n) is 5.53. The van der Waals surface area contributed by atoms with Crippen molar-refractivity contribution in [3.8, 4) is 0 Å². The number of nitrogens with two attached hydrogens (primary N) is 1. The number of hydrogen-bond acceptors (Lipinski definition) is 2. The minimum Gasteiger partial charge on any atom is -0.397 e. The van der Waals surface area contributed by atoms with Gasteiger partial charge < -0.3 is 11.1 Å². The molecule has 2 heteroatoms. The molecule has 1 aromatic rings. The zero-order valence-electron chi connectivity index (χ0n) is 9.00. The molecule has 0 heterocycles. The standard InChI is InChI=1S/C13H18N2/c1-10-5-4-6-11(9-10)15-13-8-3-2-7-12(13)14/h2-3,7-8,11,15H,1,4-6,9,14H2/t11-/m1/s1. The maximum absolute atomic E-state index is 5.89. The van der Waals surface area contributed by atoms with Gasteiger partial charge >= 0.3 is 0 Å². The SMILES string of the molecule is C=C1CCC[C@@H](Nc2ccccc2N)C1. The van der Waals surface area contributed by atoms with E-state index in [1.165, 1.54) is 24.8 Å². The summed E-state index contributed by atoms with van der Waals surface area (Å²) >= 11 is 0. The Bertz CT molecular complexity index is 357. The molecule has 2 rings (SSSR count). The van der Waals surface area contributed by atoms with E-state index in [0.29, 0.717) is 6.04 Å². The summed E-state index contributed by atoms with van der Waals surface area (Å²) in [6.07, 6.45) is 4.72. The Hall–Kier alpha value is -1.44. The second kappa shape index (κ2) is 4.39. The highest BCUT2D eigenvalue weighted by molar-refractivity contribution is 5.66. The van der Waals surface area contributed by atoms with Gasteiger partial charge in [0.1, 0.15) is 0 Å². The lowest BCUT2D eigenvalue weighted by atomic mass is 9.91. The Morgan fingerprint density at radius 3 is 2.87 bits per heavy atom. The number of rotatable bonds is 2. The van der Waals surface area contributed by atoms with Crippen molar-refractivity contribution in [2.24, 2.45) is 0 Å². The second-order valence-corrected chi connectivity index (χ2v) is 4.27. The largest absolute Gasteiger partial charge is 0.397 e. The molecule has 1 atom stereocenters. The first-order valence-corrected chi connectivity index (χ1v) is 5.53. The van der Waals surface area contributed by atoms with Crippen LogP contribution in [0.4, 0.5) is 11.4 Å². The third kappa shape index (κ3) is 2.52. The van der Waals surface area contributed by atoms with Crippen LogP contribution in [0.2, 0.25) is 0 Å². The molecule has 2 nitrogen and oxygen atoms in total. The summed E-state index contributed by atoms with van der Waals surface area (Å²) < 4.78 is 0. The van der Waals surface area contributed by atoms with Crippen LogP contribution in [-0.2, 0) is 0 Å². The van der Waals surface area contributed by atoms with E-state index in [9.17, 15) is 0 Å². The van der Waals surface area contributed by atoms with Gasteiger partial charge in [-0.15, -0.1) is 0 Å². The molecule has 1 aliphatic rings. The van der Waals surface area contributed by atoms with Gasteiger partial charge in [0.25, 0.3) is 0 Å². The van der Waals surface area contributed by atoms with Crippen LogP contribution in [0.5, 0.6) is 0 Å². The molecular weight excluding hydrogens is 184 g/mol. The smallest absolute Gasteiger partial charge is 0.0576 e. The van der Waals surface area contributed by atoms with Crippen molar-refractivity contribution in [2.45, 2.75) is 31.7 Å². The van der Waals surface area contributed by atoms with Gasteiger partial charge in [0.2, 0.25) is 0 Å². The second-order valence-electron chi connectivity index (χ2n) is 4.27. The lowest BCUT2D eigenvalue weighted by Gasteiger charge is -2.26. The summed E-state index contributed by atoms with van der Waals surface area (Å²) in [6.45, 7) is 4.06. The molecule has 0 spiro atoms. The van der Waals surface area contributed by atoms with Gasteiger partial charge in [0.15, 0.2) is 0 Å². The van der Waals surface area contributed by atoms with Gasteiger partial charge in [0, 0.05) is 6.04 Å². The predicted octanol–water partition coefficient (Wildman–Crippen LogP) is 3.18. The van der Waals surface area contributed by atoms with E-state index in [0.717, 1.165) is 17.8 Å². The number of nitrogens with one attached hydrogen (secondary N) is 1. The van der Waals surface area contributed by atoms with E-state index in [2.05, 4.69) is 11.9 Å². The highest BCUT2D eigenvalue weighted by Gasteiger charge is 2.15. The highest BCUT2D eigenvalue weighted by atomic mass is 14.9. The van der Waals surface area contributed by atoms with Crippen LogP contribution in [0.3, 0.4) is 0 Å². The summed E-state index contributed by atoms with van der Waals surface area (Å²) in [4.78, 5) is 0. The molecule has 0 bridgehead atoms. The number of para-hydroxylation sites is 2. The molecule has 15 heavy (non-hydrogen) atoms. The van der Waals surface area contributed by atoms with Crippen molar-refractivity contribution in [1.82, 2.24) is 0 Å². The third-order valence-corrected chi connectivity index (χ3v) is 2.94. The molecule has 0 saturated heterocycles. The van der Waals surface area contributed by atoms with E-state index in [1.54, 1.807) is 0 Å². The van der Waals surface area contributed by atoms with Crippen molar-refractivity contribution in [3.05, 3.63) is 36.4 Å². The maximum Gasteiger partial charge on any atom is 0.0576 e. The van der Waals surface area contributed by atoms with Crippen molar-refractivity contribution < 1.29 is 0 Å². The van der Waals surface area contributed by atoms with Crippen LogP contribution in [0.1, 0.15) is 25.7 Å². The van der Waals surface area contributed by atoms with E-state index in [1.807, 2.05) is 24.3 Å². The summed E-state index contributed by atoms with van der Waals surface area (Å²) in [7, 11) is 0. The summed E-state index contributed by atoms with van der Waals surface area (Å²) in [5.41, 5.74) is 9.12. The first kappa shape index (κ1) is 10.1. The molecular formula is C13H18N2. The Labute approximate surface area is 91.2 Å². The highest BCUT2D eigenvalue weighted by Crippen LogP contribution is 2.26. The van der Waals surface area contributed by atoms with E-state index < -0.39 is 0 Å². The molecule has 0 amide bonds. The Balaban J connectivity index is 2.02. The lowest BCUT2D eigenvalue weighted by Crippen LogP contribution is -2.23. The fourth-order valence-corrected chi connectivity index (χ4v) is 2.12. The monoisotopic (exact) mass is 202 g/mol. The molecule has 0 radical (unpaired) electrons. The fraction of sp³-hybridized carbons (Fsp3) is 0.385. The average Bonchev–Trinajstić information content (AvgIpc) is 2.22. The molecule has 1 aromatic carbocycles. The Morgan fingerprint density at radius 1 is 1.33 bits per heavy atom. The minimum absolute atomic E-state index is 0.510. The van der Waals surface area contributed by atoms with Gasteiger partial charge in [-0.3, -0.25) is 0 Å². The van der Waals surface area contributed by atoms with Crippen LogP contribution in [-0.4, -0.2) is 6.04 Å². The normalized spacial score (nSPS) is 21.3. The Kier molecular flexibility index (Phi) is 2.95. The molecule has 1 fully saturated rings. The predicted molar refractivity (Wildman–Crippen MR) is 65.9 cm³/mol. The van der Waals surface area contributed by atoms with Gasteiger partial charge in [-0.05, 0) is 37.8 Å². The number of nitrogen functional groups attached to an aromatic ring is 1. The molecule has 1 saturated carbocycles. The molecule has 0 aliphatic heterocycles. The average molecular weight is 202 g/mol. The van der Waals surface area contributed by atoms with Crippen LogP contribution < -0.4 is 11.1 Å². The Morgan fingerprint density at radius 2 is 2.13 bits per heavy atom. The van der Waals surface area contributed by atoms with E-state index in [-0.39, 0.29) is 0 Å². The van der Waals surface area contributed by atoms with Gasteiger partial charge in [-0.1, -0.05) is 24.3 Å². The van der Waals surface area contributed by atoms with Gasteiger partial charge in [-0.2, -0.15) is 0 Å². The van der Waals surface area contributed by atoms with E-state index >= 15 is 0 Å². The van der Waals surface area contributed by atoms with Crippen molar-refractivity contribution in [2.75, 3.05) is 11.1 Å². The zero-order chi connectivity index (χ0) is 10.7. The molecule has 0 unspecified atom stereocenters. The number of benzene rings is 1. The van der Waals surface area contributed by atoms with Gasteiger partial charge in [0.05, 0.1) is 11.4 Å². The lowest BCUT2D eigenvalue weighted by molar-refractivity contribution is 0.546. The summed E-state index contributed by atoms with van der Waals surface area (Å²) in [5.74, 6) is 0. The van der Waals surface area contributed by atoms with Crippen LogP contribution >= 0.6 is 0 Å². The quantitative estimate of drug-likeness (QED) is 0.571. The molecule has 80 valence electrons. The topological polar surface area (TPSA) is 38.0 Å². The van der Waals surface area contributed by atoms with Crippen molar-refractivity contribution >= 4 is 11.4 Å². The summed E-state index contributed by atoms with van der Waals surface area (Å²) in [6, 6.07) is 8.44.